The normalized spacial score (nSPS) is 9.33. The van der Waals surface area contributed by atoms with Gasteiger partial charge in [-0.15, -0.1) is 12.3 Å². The first-order valence-corrected chi connectivity index (χ1v) is 4.73. The fourth-order valence-corrected chi connectivity index (χ4v) is 1.29. The first-order chi connectivity index (χ1) is 7.15. The largest absolute Gasteiger partial charge is 0.478 e. The van der Waals surface area contributed by atoms with Crippen molar-refractivity contribution in [3.05, 3.63) is 28.8 Å². The number of nitrogens with one attached hydrogen (secondary N) is 1. The van der Waals surface area contributed by atoms with Crippen LogP contribution in [0.2, 0.25) is 5.02 Å². The van der Waals surface area contributed by atoms with Crippen LogP contribution < -0.4 is 5.32 Å². The lowest BCUT2D eigenvalue weighted by atomic mass is 10.2. The number of terminal acetylenes is 1. The monoisotopic (exact) mass is 223 g/mol. The molecule has 0 aliphatic heterocycles. The first-order valence-electron chi connectivity index (χ1n) is 4.35. The summed E-state index contributed by atoms with van der Waals surface area (Å²) in [6.45, 7) is 0.525. The Kier molecular flexibility index (Phi) is 4.02. The van der Waals surface area contributed by atoms with E-state index in [0.717, 1.165) is 0 Å². The van der Waals surface area contributed by atoms with Gasteiger partial charge in [0, 0.05) is 18.0 Å². The van der Waals surface area contributed by atoms with Gasteiger partial charge in [-0.1, -0.05) is 11.6 Å². The lowest BCUT2D eigenvalue weighted by molar-refractivity contribution is 0.0698. The average molecular weight is 224 g/mol. The van der Waals surface area contributed by atoms with Crippen LogP contribution in [0.3, 0.4) is 0 Å². The topological polar surface area (TPSA) is 49.3 Å². The molecule has 0 radical (unpaired) electrons. The van der Waals surface area contributed by atoms with Crippen LogP contribution in [0.1, 0.15) is 16.8 Å². The Morgan fingerprint density at radius 2 is 2.33 bits per heavy atom. The van der Waals surface area contributed by atoms with Crippen LogP contribution >= 0.6 is 11.6 Å². The summed E-state index contributed by atoms with van der Waals surface area (Å²) < 4.78 is 0. The van der Waals surface area contributed by atoms with Crippen LogP contribution in [0.15, 0.2) is 18.2 Å². The molecule has 1 rings (SSSR count). The third-order valence-corrected chi connectivity index (χ3v) is 2.03. The highest BCUT2D eigenvalue weighted by Gasteiger charge is 2.09. The molecule has 4 heteroatoms. The molecular weight excluding hydrogens is 214 g/mol. The van der Waals surface area contributed by atoms with Gasteiger partial charge in [0.15, 0.2) is 0 Å². The average Bonchev–Trinajstić information content (AvgIpc) is 2.18. The zero-order valence-corrected chi connectivity index (χ0v) is 8.71. The van der Waals surface area contributed by atoms with E-state index in [1.807, 2.05) is 0 Å². The Morgan fingerprint density at radius 3 is 2.93 bits per heavy atom. The molecule has 15 heavy (non-hydrogen) atoms. The van der Waals surface area contributed by atoms with Crippen LogP contribution in [0.5, 0.6) is 0 Å². The van der Waals surface area contributed by atoms with Crippen molar-refractivity contribution in [3.8, 4) is 12.3 Å². The van der Waals surface area contributed by atoms with Gasteiger partial charge in [0.25, 0.3) is 0 Å². The number of aromatic carboxylic acids is 1. The van der Waals surface area contributed by atoms with Gasteiger partial charge in [-0.25, -0.2) is 4.79 Å². The summed E-state index contributed by atoms with van der Waals surface area (Å²) in [5, 5.41) is 12.3. The Hall–Kier alpha value is -1.66. The van der Waals surface area contributed by atoms with Crippen LogP contribution in [-0.4, -0.2) is 17.6 Å². The fraction of sp³-hybridized carbons (Fsp3) is 0.182. The molecule has 0 aromatic heterocycles. The standard InChI is InChI=1S/C11H10ClNO2/c1-2-3-6-13-10-7-8(12)4-5-9(10)11(14)15/h1,4-5,7,13H,3,6H2,(H,14,15). The van der Waals surface area contributed by atoms with E-state index in [1.54, 1.807) is 6.07 Å². The van der Waals surface area contributed by atoms with Gasteiger partial charge in [0.05, 0.1) is 11.3 Å². The van der Waals surface area contributed by atoms with Gasteiger partial charge in [0.1, 0.15) is 0 Å². The highest BCUT2D eigenvalue weighted by molar-refractivity contribution is 6.31. The highest BCUT2D eigenvalue weighted by atomic mass is 35.5. The summed E-state index contributed by atoms with van der Waals surface area (Å²) in [5.74, 6) is 1.47. The Labute approximate surface area is 93.1 Å². The van der Waals surface area contributed by atoms with Crippen LogP contribution in [0, 0.1) is 12.3 Å². The van der Waals surface area contributed by atoms with E-state index in [0.29, 0.717) is 23.7 Å². The molecule has 0 atom stereocenters. The molecule has 1 aromatic carbocycles. The number of benzene rings is 1. The molecule has 0 unspecified atom stereocenters. The van der Waals surface area contributed by atoms with Gasteiger partial charge < -0.3 is 10.4 Å². The molecule has 0 aliphatic carbocycles. The fourth-order valence-electron chi connectivity index (χ4n) is 1.12. The van der Waals surface area contributed by atoms with Gasteiger partial charge >= 0.3 is 5.97 Å². The van der Waals surface area contributed by atoms with Crippen molar-refractivity contribution < 1.29 is 9.90 Å². The molecule has 0 bridgehead atoms. The molecule has 0 saturated heterocycles. The predicted molar refractivity (Wildman–Crippen MR) is 60.4 cm³/mol. The van der Waals surface area contributed by atoms with Crippen LogP contribution in [0.4, 0.5) is 5.69 Å². The molecule has 0 heterocycles. The summed E-state index contributed by atoms with van der Waals surface area (Å²) in [6.07, 6.45) is 5.62. The Balaban J connectivity index is 2.88. The molecule has 0 amide bonds. The maximum absolute atomic E-state index is 10.8. The molecule has 78 valence electrons. The smallest absolute Gasteiger partial charge is 0.337 e. The van der Waals surface area contributed by atoms with E-state index in [9.17, 15) is 4.79 Å². The molecule has 1 aromatic rings. The number of carboxylic acids is 1. The highest BCUT2D eigenvalue weighted by Crippen LogP contribution is 2.20. The van der Waals surface area contributed by atoms with E-state index in [4.69, 9.17) is 23.1 Å². The van der Waals surface area contributed by atoms with Crippen molar-refractivity contribution in [2.24, 2.45) is 0 Å². The molecule has 0 saturated carbocycles. The molecule has 0 fully saturated rings. The molecular formula is C11H10ClNO2. The lowest BCUT2D eigenvalue weighted by Gasteiger charge is -2.08. The van der Waals surface area contributed by atoms with E-state index >= 15 is 0 Å². The SMILES string of the molecule is C#CCCNc1cc(Cl)ccc1C(=O)O. The second kappa shape index (κ2) is 5.28. The number of rotatable bonds is 4. The van der Waals surface area contributed by atoms with Crippen molar-refractivity contribution >= 4 is 23.3 Å². The van der Waals surface area contributed by atoms with Crippen molar-refractivity contribution in [1.29, 1.82) is 0 Å². The minimum Gasteiger partial charge on any atom is -0.478 e. The minimum atomic E-state index is -0.991. The number of anilines is 1. The van der Waals surface area contributed by atoms with E-state index in [1.165, 1.54) is 12.1 Å². The predicted octanol–water partition coefficient (Wildman–Crippen LogP) is 2.47. The summed E-state index contributed by atoms with van der Waals surface area (Å²) >= 11 is 5.76. The molecule has 0 spiro atoms. The van der Waals surface area contributed by atoms with Crippen LogP contribution in [0.25, 0.3) is 0 Å². The molecule has 0 aliphatic rings. The van der Waals surface area contributed by atoms with Crippen LogP contribution in [-0.2, 0) is 0 Å². The van der Waals surface area contributed by atoms with E-state index in [2.05, 4.69) is 11.2 Å². The number of halogens is 1. The minimum absolute atomic E-state index is 0.191. The zero-order chi connectivity index (χ0) is 11.3. The summed E-state index contributed by atoms with van der Waals surface area (Å²) in [7, 11) is 0. The second-order valence-corrected chi connectivity index (χ2v) is 3.31. The summed E-state index contributed by atoms with van der Waals surface area (Å²) in [4.78, 5) is 10.8. The summed E-state index contributed by atoms with van der Waals surface area (Å²) in [5.41, 5.74) is 0.682. The Morgan fingerprint density at radius 1 is 1.60 bits per heavy atom. The second-order valence-electron chi connectivity index (χ2n) is 2.88. The quantitative estimate of drug-likeness (QED) is 0.609. The number of carboxylic acid groups (broad SMARTS) is 1. The van der Waals surface area contributed by atoms with Crippen molar-refractivity contribution in [1.82, 2.24) is 0 Å². The Bertz CT molecular complexity index is 410. The van der Waals surface area contributed by atoms with Gasteiger partial charge in [-0.2, -0.15) is 0 Å². The van der Waals surface area contributed by atoms with Crippen molar-refractivity contribution in [2.75, 3.05) is 11.9 Å². The van der Waals surface area contributed by atoms with E-state index in [-0.39, 0.29) is 5.56 Å². The van der Waals surface area contributed by atoms with E-state index < -0.39 is 5.97 Å². The number of carbonyl (C=O) groups is 1. The third-order valence-electron chi connectivity index (χ3n) is 1.80. The molecule has 2 N–H and O–H groups in total. The third kappa shape index (κ3) is 3.19. The van der Waals surface area contributed by atoms with Crippen molar-refractivity contribution in [3.63, 3.8) is 0 Å². The number of hydrogen-bond donors (Lipinski definition) is 2. The zero-order valence-electron chi connectivity index (χ0n) is 7.96. The maximum atomic E-state index is 10.8. The first kappa shape index (κ1) is 11.4. The maximum Gasteiger partial charge on any atom is 0.337 e. The molecule has 3 nitrogen and oxygen atoms in total. The summed E-state index contributed by atoms with van der Waals surface area (Å²) in [6, 6.07) is 4.57. The van der Waals surface area contributed by atoms with Gasteiger partial charge in [-0.05, 0) is 18.2 Å². The van der Waals surface area contributed by atoms with Crippen molar-refractivity contribution in [2.45, 2.75) is 6.42 Å². The number of hydrogen-bond acceptors (Lipinski definition) is 2. The van der Waals surface area contributed by atoms with Gasteiger partial charge in [0.2, 0.25) is 0 Å². The van der Waals surface area contributed by atoms with Gasteiger partial charge in [-0.3, -0.25) is 0 Å². The lowest BCUT2D eigenvalue weighted by Crippen LogP contribution is -2.07.